The topological polar surface area (TPSA) is 42.2 Å². The van der Waals surface area contributed by atoms with Gasteiger partial charge in [-0.2, -0.15) is 0 Å². The smallest absolute Gasteiger partial charge is 0.0926 e. The number of nitrogens with zero attached hydrogens (tertiary/aromatic N) is 2. The molecule has 1 fully saturated rings. The summed E-state index contributed by atoms with van der Waals surface area (Å²) in [4.78, 5) is 7.00. The van der Waals surface area contributed by atoms with Crippen LogP contribution in [0.1, 0.15) is 36.9 Å². The second-order valence-corrected chi connectivity index (χ2v) is 5.67. The van der Waals surface area contributed by atoms with E-state index < -0.39 is 0 Å². The van der Waals surface area contributed by atoms with Crippen molar-refractivity contribution < 1.29 is 0 Å². The summed E-state index contributed by atoms with van der Waals surface area (Å²) in [5, 5.41) is 3.41. The summed E-state index contributed by atoms with van der Waals surface area (Å²) >= 11 is 1.77. The van der Waals surface area contributed by atoms with Gasteiger partial charge in [-0.15, -0.1) is 11.3 Å². The van der Waals surface area contributed by atoms with Gasteiger partial charge in [0.05, 0.1) is 10.7 Å². The lowest BCUT2D eigenvalue weighted by Gasteiger charge is -2.48. The normalized spacial score (nSPS) is 18.8. The molecule has 0 bridgehead atoms. The van der Waals surface area contributed by atoms with Crippen LogP contribution in [0.5, 0.6) is 0 Å². The maximum atomic E-state index is 5.90. The fourth-order valence-corrected chi connectivity index (χ4v) is 3.06. The molecule has 3 nitrogen and oxygen atoms in total. The van der Waals surface area contributed by atoms with Crippen LogP contribution in [-0.2, 0) is 13.0 Å². The van der Waals surface area contributed by atoms with Gasteiger partial charge in [0.25, 0.3) is 0 Å². The largest absolute Gasteiger partial charge is 0.329 e. The predicted octanol–water partition coefficient (Wildman–Crippen LogP) is 2.02. The Hall–Kier alpha value is -0.450. The van der Waals surface area contributed by atoms with Crippen molar-refractivity contribution in [2.75, 3.05) is 13.6 Å². The van der Waals surface area contributed by atoms with Gasteiger partial charge in [-0.05, 0) is 32.7 Å². The Labute approximate surface area is 102 Å². The van der Waals surface area contributed by atoms with E-state index in [1.807, 2.05) is 0 Å². The number of hydrogen-bond donors (Lipinski definition) is 1. The van der Waals surface area contributed by atoms with Gasteiger partial charge in [0.2, 0.25) is 0 Å². The van der Waals surface area contributed by atoms with Crippen LogP contribution in [0.2, 0.25) is 0 Å². The summed E-state index contributed by atoms with van der Waals surface area (Å²) in [6.07, 6.45) is 4.84. The highest BCUT2D eigenvalue weighted by Gasteiger charge is 2.39. The Kier molecular flexibility index (Phi) is 3.62. The minimum absolute atomic E-state index is 0.260. The quantitative estimate of drug-likeness (QED) is 0.855. The summed E-state index contributed by atoms with van der Waals surface area (Å²) in [6, 6.07) is 0. The number of thiazole rings is 1. The van der Waals surface area contributed by atoms with Crippen molar-refractivity contribution in [3.63, 3.8) is 0 Å². The number of aromatic nitrogens is 1. The van der Waals surface area contributed by atoms with Crippen molar-refractivity contribution in [1.82, 2.24) is 9.88 Å². The first kappa shape index (κ1) is 12.0. The van der Waals surface area contributed by atoms with Gasteiger partial charge in [-0.3, -0.25) is 4.90 Å². The van der Waals surface area contributed by atoms with E-state index in [0.717, 1.165) is 19.5 Å². The molecule has 1 heterocycles. The van der Waals surface area contributed by atoms with Crippen molar-refractivity contribution in [3.8, 4) is 0 Å². The molecule has 0 saturated heterocycles. The first-order valence-electron chi connectivity index (χ1n) is 6.05. The summed E-state index contributed by atoms with van der Waals surface area (Å²) in [7, 11) is 2.18. The fraction of sp³-hybridized carbons (Fsp3) is 0.750. The minimum atomic E-state index is 0.260. The minimum Gasteiger partial charge on any atom is -0.329 e. The van der Waals surface area contributed by atoms with Crippen LogP contribution in [0, 0.1) is 0 Å². The molecule has 0 aliphatic heterocycles. The fourth-order valence-electron chi connectivity index (χ4n) is 2.32. The Morgan fingerprint density at radius 2 is 2.31 bits per heavy atom. The van der Waals surface area contributed by atoms with E-state index in [1.165, 1.54) is 30.0 Å². The maximum Gasteiger partial charge on any atom is 0.0926 e. The molecule has 1 aromatic heterocycles. The molecule has 2 N–H and O–H groups in total. The third kappa shape index (κ3) is 2.14. The molecule has 16 heavy (non-hydrogen) atoms. The summed E-state index contributed by atoms with van der Waals surface area (Å²) in [5.41, 5.74) is 7.35. The van der Waals surface area contributed by atoms with E-state index in [9.17, 15) is 0 Å². The highest BCUT2D eigenvalue weighted by molar-refractivity contribution is 7.09. The molecule has 0 aromatic carbocycles. The molecule has 1 saturated carbocycles. The first-order valence-corrected chi connectivity index (χ1v) is 6.93. The molecule has 4 heteroatoms. The van der Waals surface area contributed by atoms with Gasteiger partial charge in [0.15, 0.2) is 0 Å². The van der Waals surface area contributed by atoms with Crippen molar-refractivity contribution >= 4 is 11.3 Å². The lowest BCUT2D eigenvalue weighted by atomic mass is 9.75. The van der Waals surface area contributed by atoms with Gasteiger partial charge in [-0.25, -0.2) is 4.98 Å². The van der Waals surface area contributed by atoms with E-state index in [1.54, 1.807) is 11.3 Å². The monoisotopic (exact) mass is 239 g/mol. The van der Waals surface area contributed by atoms with Crippen LogP contribution < -0.4 is 5.73 Å². The first-order chi connectivity index (χ1) is 7.70. The van der Waals surface area contributed by atoms with Crippen LogP contribution in [0.25, 0.3) is 0 Å². The maximum absolute atomic E-state index is 5.90. The third-order valence-electron chi connectivity index (χ3n) is 3.77. The predicted molar refractivity (Wildman–Crippen MR) is 68.6 cm³/mol. The lowest BCUT2D eigenvalue weighted by molar-refractivity contribution is 0.0390. The summed E-state index contributed by atoms with van der Waals surface area (Å²) in [5.74, 6) is 0. The molecule has 1 aromatic rings. The molecular formula is C12H21N3S. The number of likely N-dealkylation sites (N-methyl/N-ethyl adjacent to an activating group) is 1. The average Bonchev–Trinajstić information content (AvgIpc) is 2.64. The van der Waals surface area contributed by atoms with E-state index in [0.29, 0.717) is 0 Å². The van der Waals surface area contributed by atoms with Crippen LogP contribution in [0.4, 0.5) is 0 Å². The molecule has 1 aliphatic carbocycles. The zero-order valence-electron chi connectivity index (χ0n) is 10.2. The molecule has 90 valence electrons. The Balaban J connectivity index is 1.98. The molecule has 2 rings (SSSR count). The molecule has 0 unspecified atom stereocenters. The Morgan fingerprint density at radius 1 is 1.56 bits per heavy atom. The Morgan fingerprint density at radius 3 is 2.75 bits per heavy atom. The van der Waals surface area contributed by atoms with Gasteiger partial charge >= 0.3 is 0 Å². The van der Waals surface area contributed by atoms with Gasteiger partial charge in [-0.1, -0.05) is 6.92 Å². The second kappa shape index (κ2) is 4.82. The van der Waals surface area contributed by atoms with E-state index in [4.69, 9.17) is 5.73 Å². The molecule has 0 atom stereocenters. The number of nitrogens with two attached hydrogens (primary N) is 1. The highest BCUT2D eigenvalue weighted by atomic mass is 32.1. The SMILES string of the molecule is CCc1nc(CN(C)C2(CN)CCC2)cs1. The van der Waals surface area contributed by atoms with Crippen molar-refractivity contribution in [3.05, 3.63) is 16.1 Å². The highest BCUT2D eigenvalue weighted by Crippen LogP contribution is 2.36. The average molecular weight is 239 g/mol. The third-order valence-corrected chi connectivity index (χ3v) is 4.82. The number of aryl methyl sites for hydroxylation is 1. The molecule has 0 radical (unpaired) electrons. The zero-order chi connectivity index (χ0) is 11.6. The summed E-state index contributed by atoms with van der Waals surface area (Å²) < 4.78 is 0. The Bertz CT molecular complexity index is 338. The number of hydrogen-bond acceptors (Lipinski definition) is 4. The second-order valence-electron chi connectivity index (χ2n) is 4.72. The van der Waals surface area contributed by atoms with Crippen LogP contribution >= 0.6 is 11.3 Å². The van der Waals surface area contributed by atoms with Crippen LogP contribution in [0.15, 0.2) is 5.38 Å². The standard InChI is InChI=1S/C12H21N3S/c1-3-11-14-10(8-16-11)7-15(2)12(9-13)5-4-6-12/h8H,3-7,9,13H2,1-2H3. The van der Waals surface area contributed by atoms with E-state index in [2.05, 4.69) is 29.2 Å². The number of rotatable bonds is 5. The lowest BCUT2D eigenvalue weighted by Crippen LogP contribution is -2.56. The van der Waals surface area contributed by atoms with Crippen LogP contribution in [-0.4, -0.2) is 29.0 Å². The molecule has 0 spiro atoms. The van der Waals surface area contributed by atoms with Gasteiger partial charge in [0.1, 0.15) is 0 Å². The molecule has 1 aliphatic rings. The van der Waals surface area contributed by atoms with Crippen molar-refractivity contribution in [2.45, 2.75) is 44.7 Å². The van der Waals surface area contributed by atoms with E-state index >= 15 is 0 Å². The van der Waals surface area contributed by atoms with Crippen molar-refractivity contribution in [2.24, 2.45) is 5.73 Å². The van der Waals surface area contributed by atoms with Gasteiger partial charge < -0.3 is 5.73 Å². The van der Waals surface area contributed by atoms with Gasteiger partial charge in [0, 0.05) is 24.0 Å². The zero-order valence-corrected chi connectivity index (χ0v) is 11.0. The molecule has 0 amide bonds. The van der Waals surface area contributed by atoms with E-state index in [-0.39, 0.29) is 5.54 Å². The summed E-state index contributed by atoms with van der Waals surface area (Å²) in [6.45, 7) is 3.86. The van der Waals surface area contributed by atoms with Crippen LogP contribution in [0.3, 0.4) is 0 Å². The van der Waals surface area contributed by atoms with Crippen molar-refractivity contribution in [1.29, 1.82) is 0 Å². The molecular weight excluding hydrogens is 218 g/mol.